The molecule has 0 saturated carbocycles. The van der Waals surface area contributed by atoms with Gasteiger partial charge in [-0.1, -0.05) is 22.0 Å². The minimum atomic E-state index is -4.65. The van der Waals surface area contributed by atoms with Crippen LogP contribution in [-0.4, -0.2) is 6.18 Å². The molecule has 1 rings (SSSR count). The number of alkyl halides is 3. The van der Waals surface area contributed by atoms with Crippen LogP contribution in [0.15, 0.2) is 22.7 Å². The van der Waals surface area contributed by atoms with E-state index in [1.165, 1.54) is 12.1 Å². The average Bonchev–Trinajstić information content (AvgIpc) is 2.01. The molecule has 0 amide bonds. The van der Waals surface area contributed by atoms with E-state index in [4.69, 9.17) is 5.73 Å². The van der Waals surface area contributed by atoms with Gasteiger partial charge in [0.25, 0.3) is 0 Å². The SMILES string of the molecule is NC(c1c(F)cccc1Br)C(F)(F)F. The Kier molecular flexibility index (Phi) is 3.16. The van der Waals surface area contributed by atoms with E-state index in [-0.39, 0.29) is 4.47 Å². The molecule has 0 saturated heterocycles. The van der Waals surface area contributed by atoms with Crippen LogP contribution in [0.5, 0.6) is 0 Å². The van der Waals surface area contributed by atoms with Crippen molar-refractivity contribution in [3.63, 3.8) is 0 Å². The second-order valence-corrected chi connectivity index (χ2v) is 3.51. The van der Waals surface area contributed by atoms with Crippen molar-refractivity contribution in [3.05, 3.63) is 34.1 Å². The lowest BCUT2D eigenvalue weighted by atomic mass is 10.1. The third-order valence-electron chi connectivity index (χ3n) is 1.66. The Morgan fingerprint density at radius 1 is 1.29 bits per heavy atom. The minimum absolute atomic E-state index is 0.0160. The van der Waals surface area contributed by atoms with Crippen molar-refractivity contribution in [2.75, 3.05) is 0 Å². The first-order valence-corrected chi connectivity index (χ1v) is 4.39. The number of hydrogen-bond donors (Lipinski definition) is 1. The topological polar surface area (TPSA) is 26.0 Å². The molecular formula is C8H6BrF4N. The van der Waals surface area contributed by atoms with Gasteiger partial charge in [0.05, 0.1) is 0 Å². The number of halogens is 5. The predicted molar refractivity (Wildman–Crippen MR) is 47.1 cm³/mol. The Hall–Kier alpha value is -0.620. The summed E-state index contributed by atoms with van der Waals surface area (Å²) in [5.41, 5.74) is 4.31. The van der Waals surface area contributed by atoms with Crippen LogP contribution in [0.1, 0.15) is 11.6 Å². The van der Waals surface area contributed by atoms with Gasteiger partial charge in [-0.25, -0.2) is 4.39 Å². The van der Waals surface area contributed by atoms with Gasteiger partial charge in [-0.3, -0.25) is 0 Å². The molecule has 2 N–H and O–H groups in total. The molecule has 1 nitrogen and oxygen atoms in total. The highest BCUT2D eigenvalue weighted by Crippen LogP contribution is 2.35. The summed E-state index contributed by atoms with van der Waals surface area (Å²) in [6.07, 6.45) is -4.65. The van der Waals surface area contributed by atoms with Crippen molar-refractivity contribution in [1.82, 2.24) is 0 Å². The molecule has 1 aromatic carbocycles. The molecule has 6 heteroatoms. The molecule has 0 radical (unpaired) electrons. The van der Waals surface area contributed by atoms with E-state index in [2.05, 4.69) is 15.9 Å². The van der Waals surface area contributed by atoms with Crippen LogP contribution < -0.4 is 5.73 Å². The highest BCUT2D eigenvalue weighted by molar-refractivity contribution is 9.10. The lowest BCUT2D eigenvalue weighted by Gasteiger charge is -2.17. The first-order valence-electron chi connectivity index (χ1n) is 3.60. The summed E-state index contributed by atoms with van der Waals surface area (Å²) in [5.74, 6) is -0.968. The first-order chi connectivity index (χ1) is 6.34. The molecule has 1 atom stereocenters. The summed E-state index contributed by atoms with van der Waals surface area (Å²) in [7, 11) is 0. The molecule has 1 aromatic rings. The van der Waals surface area contributed by atoms with Crippen molar-refractivity contribution in [2.24, 2.45) is 5.73 Å². The van der Waals surface area contributed by atoms with E-state index in [0.717, 1.165) is 6.07 Å². The zero-order valence-corrected chi connectivity index (χ0v) is 8.36. The van der Waals surface area contributed by atoms with Crippen molar-refractivity contribution >= 4 is 15.9 Å². The maximum Gasteiger partial charge on any atom is 0.407 e. The van der Waals surface area contributed by atoms with Gasteiger partial charge in [-0.05, 0) is 12.1 Å². The second kappa shape index (κ2) is 3.86. The second-order valence-electron chi connectivity index (χ2n) is 2.65. The monoisotopic (exact) mass is 271 g/mol. The molecule has 0 fully saturated rings. The van der Waals surface area contributed by atoms with Crippen LogP contribution in [0.2, 0.25) is 0 Å². The maximum absolute atomic E-state index is 13.0. The van der Waals surface area contributed by atoms with E-state index in [0.29, 0.717) is 0 Å². The predicted octanol–water partition coefficient (Wildman–Crippen LogP) is 3.15. The van der Waals surface area contributed by atoms with Crippen LogP contribution >= 0.6 is 15.9 Å². The number of hydrogen-bond acceptors (Lipinski definition) is 1. The van der Waals surface area contributed by atoms with E-state index in [1.807, 2.05) is 0 Å². The third kappa shape index (κ3) is 2.24. The summed E-state index contributed by atoms with van der Waals surface area (Å²) in [4.78, 5) is 0. The maximum atomic E-state index is 13.0. The average molecular weight is 272 g/mol. The van der Waals surface area contributed by atoms with Crippen LogP contribution in [-0.2, 0) is 0 Å². The third-order valence-corrected chi connectivity index (χ3v) is 2.35. The Morgan fingerprint density at radius 2 is 1.86 bits per heavy atom. The quantitative estimate of drug-likeness (QED) is 0.781. The van der Waals surface area contributed by atoms with Crippen molar-refractivity contribution in [1.29, 1.82) is 0 Å². The molecule has 0 heterocycles. The van der Waals surface area contributed by atoms with Gasteiger partial charge in [0.15, 0.2) is 0 Å². The number of nitrogens with two attached hydrogens (primary N) is 1. The van der Waals surface area contributed by atoms with Gasteiger partial charge in [-0.15, -0.1) is 0 Å². The van der Waals surface area contributed by atoms with Gasteiger partial charge < -0.3 is 5.73 Å². The molecule has 0 aliphatic rings. The van der Waals surface area contributed by atoms with Crippen LogP contribution in [0.3, 0.4) is 0 Å². The summed E-state index contributed by atoms with van der Waals surface area (Å²) >= 11 is 2.82. The summed E-state index contributed by atoms with van der Waals surface area (Å²) in [5, 5.41) is 0. The Labute approximate surface area is 86.0 Å². The van der Waals surface area contributed by atoms with E-state index < -0.39 is 23.6 Å². The highest BCUT2D eigenvalue weighted by atomic mass is 79.9. The smallest absolute Gasteiger partial charge is 0.316 e. The van der Waals surface area contributed by atoms with Crippen molar-refractivity contribution in [3.8, 4) is 0 Å². The van der Waals surface area contributed by atoms with Gasteiger partial charge in [-0.2, -0.15) is 13.2 Å². The van der Waals surface area contributed by atoms with Crippen LogP contribution in [0.4, 0.5) is 17.6 Å². The molecule has 0 bridgehead atoms. The number of benzene rings is 1. The molecule has 0 aromatic heterocycles. The van der Waals surface area contributed by atoms with Crippen molar-refractivity contribution in [2.45, 2.75) is 12.2 Å². The normalized spacial score (nSPS) is 14.1. The van der Waals surface area contributed by atoms with Gasteiger partial charge >= 0.3 is 6.18 Å². The summed E-state index contributed by atoms with van der Waals surface area (Å²) in [6.45, 7) is 0. The largest absolute Gasteiger partial charge is 0.407 e. The van der Waals surface area contributed by atoms with Gasteiger partial charge in [0, 0.05) is 10.0 Å². The van der Waals surface area contributed by atoms with Crippen molar-refractivity contribution < 1.29 is 17.6 Å². The standard InChI is InChI=1S/C8H6BrF4N/c9-4-2-1-3-5(10)6(4)7(14)8(11,12)13/h1-3,7H,14H2. The fraction of sp³-hybridized carbons (Fsp3) is 0.250. The molecular weight excluding hydrogens is 266 g/mol. The van der Waals surface area contributed by atoms with Crippen LogP contribution in [0.25, 0.3) is 0 Å². The fourth-order valence-electron chi connectivity index (χ4n) is 0.971. The first kappa shape index (κ1) is 11.5. The number of rotatable bonds is 1. The summed E-state index contributed by atoms with van der Waals surface area (Å²) in [6, 6.07) is 1.24. The van der Waals surface area contributed by atoms with Gasteiger partial charge in [0.2, 0.25) is 0 Å². The molecule has 0 aliphatic carbocycles. The highest BCUT2D eigenvalue weighted by Gasteiger charge is 2.40. The zero-order chi connectivity index (χ0) is 10.9. The lowest BCUT2D eigenvalue weighted by Crippen LogP contribution is -2.29. The Morgan fingerprint density at radius 3 is 2.29 bits per heavy atom. The molecule has 14 heavy (non-hydrogen) atoms. The van der Waals surface area contributed by atoms with E-state index >= 15 is 0 Å². The molecule has 1 unspecified atom stereocenters. The van der Waals surface area contributed by atoms with Gasteiger partial charge in [0.1, 0.15) is 11.9 Å². The molecule has 78 valence electrons. The van der Waals surface area contributed by atoms with E-state index in [1.54, 1.807) is 0 Å². The summed E-state index contributed by atoms with van der Waals surface area (Å²) < 4.78 is 49.6. The Bertz CT molecular complexity index is 316. The van der Waals surface area contributed by atoms with Crippen LogP contribution in [0, 0.1) is 5.82 Å². The van der Waals surface area contributed by atoms with E-state index in [9.17, 15) is 17.6 Å². The Balaban J connectivity index is 3.19. The molecule has 0 spiro atoms. The zero-order valence-electron chi connectivity index (χ0n) is 6.78. The molecule has 0 aliphatic heterocycles. The lowest BCUT2D eigenvalue weighted by molar-refractivity contribution is -0.149. The minimum Gasteiger partial charge on any atom is -0.316 e. The fourth-order valence-corrected chi connectivity index (χ4v) is 1.56.